The first kappa shape index (κ1) is 21.4. The number of hydrogen-bond donors (Lipinski definition) is 0. The van der Waals surface area contributed by atoms with E-state index in [1.807, 2.05) is 46.5 Å². The predicted octanol–water partition coefficient (Wildman–Crippen LogP) is 5.66. The highest BCUT2D eigenvalue weighted by Gasteiger charge is 2.45. The molecule has 0 spiro atoms. The molecule has 9 heteroatoms. The van der Waals surface area contributed by atoms with Gasteiger partial charge in [0.2, 0.25) is 5.79 Å². The quantitative estimate of drug-likeness (QED) is 0.336. The van der Waals surface area contributed by atoms with Crippen molar-refractivity contribution in [1.29, 1.82) is 0 Å². The van der Waals surface area contributed by atoms with Gasteiger partial charge in [-0.3, -0.25) is 0 Å². The minimum absolute atomic E-state index is 0.274. The van der Waals surface area contributed by atoms with Crippen LogP contribution in [0.1, 0.15) is 5.56 Å². The second kappa shape index (κ2) is 9.21. The van der Waals surface area contributed by atoms with Crippen molar-refractivity contribution in [3.05, 3.63) is 88.4 Å². The van der Waals surface area contributed by atoms with Gasteiger partial charge in [0.15, 0.2) is 0 Å². The van der Waals surface area contributed by atoms with Crippen molar-refractivity contribution in [3.63, 3.8) is 0 Å². The molecule has 2 aromatic heterocycles. The van der Waals surface area contributed by atoms with E-state index in [0.717, 1.165) is 16.3 Å². The Kier molecular flexibility index (Phi) is 6.17. The van der Waals surface area contributed by atoms with E-state index in [4.69, 9.17) is 37.4 Å². The van der Waals surface area contributed by atoms with Gasteiger partial charge in [-0.2, -0.15) is 0 Å². The second-order valence-corrected chi connectivity index (χ2v) is 9.07. The summed E-state index contributed by atoms with van der Waals surface area (Å²) >= 11 is 14.2. The summed E-state index contributed by atoms with van der Waals surface area (Å²) in [7, 11) is 0. The molecule has 6 nitrogen and oxygen atoms in total. The van der Waals surface area contributed by atoms with Gasteiger partial charge in [0, 0.05) is 40.1 Å². The maximum Gasteiger partial charge on any atom is 0.215 e. The highest BCUT2D eigenvalue weighted by Crippen LogP contribution is 2.40. The second-order valence-electron chi connectivity index (χ2n) is 7.34. The molecule has 0 N–H and O–H groups in total. The van der Waals surface area contributed by atoms with Gasteiger partial charge in [0.1, 0.15) is 23.5 Å². The summed E-state index contributed by atoms with van der Waals surface area (Å²) in [5.41, 5.74) is 1.78. The average Bonchev–Trinajstić information content (AvgIpc) is 3.56. The third kappa shape index (κ3) is 4.53. The number of benzene rings is 2. The number of imidazole rings is 1. The lowest BCUT2D eigenvalue weighted by Gasteiger charge is -2.30. The minimum Gasteiger partial charge on any atom is -0.491 e. The summed E-state index contributed by atoms with van der Waals surface area (Å²) in [6, 6.07) is 13.2. The molecule has 0 unspecified atom stereocenters. The summed E-state index contributed by atoms with van der Waals surface area (Å²) in [6.07, 6.45) is 6.80. The molecule has 1 fully saturated rings. The SMILES string of the molecule is Clc1ccc([C@]2(Cn3ccnc3)OC[C@@H](COc3ccc(-c4nccs4)cc3)O2)c(Cl)c1. The van der Waals surface area contributed by atoms with E-state index in [9.17, 15) is 0 Å². The molecule has 0 amide bonds. The number of hydrogen-bond acceptors (Lipinski definition) is 6. The van der Waals surface area contributed by atoms with Crippen molar-refractivity contribution in [2.45, 2.75) is 18.4 Å². The number of ether oxygens (including phenoxy) is 3. The lowest BCUT2D eigenvalue weighted by Crippen LogP contribution is -2.34. The van der Waals surface area contributed by atoms with Crippen molar-refractivity contribution in [2.24, 2.45) is 0 Å². The molecule has 2 atom stereocenters. The summed E-state index contributed by atoms with van der Waals surface area (Å²) < 4.78 is 20.5. The Morgan fingerprint density at radius 3 is 2.75 bits per heavy atom. The fraction of sp³-hybridized carbons (Fsp3) is 0.217. The minimum atomic E-state index is -1.06. The number of thiazole rings is 1. The highest BCUT2D eigenvalue weighted by molar-refractivity contribution is 7.13. The van der Waals surface area contributed by atoms with Gasteiger partial charge in [-0.15, -0.1) is 11.3 Å². The van der Waals surface area contributed by atoms with Crippen molar-refractivity contribution < 1.29 is 14.2 Å². The van der Waals surface area contributed by atoms with E-state index in [1.165, 1.54) is 0 Å². The van der Waals surface area contributed by atoms with Crippen LogP contribution in [-0.2, 0) is 21.8 Å². The molecule has 0 saturated carbocycles. The molecule has 0 bridgehead atoms. The molecule has 5 rings (SSSR count). The lowest BCUT2D eigenvalue weighted by atomic mass is 10.1. The number of rotatable bonds is 7. The van der Waals surface area contributed by atoms with Crippen LogP contribution in [-0.4, -0.2) is 33.9 Å². The van der Waals surface area contributed by atoms with Crippen LogP contribution >= 0.6 is 34.5 Å². The van der Waals surface area contributed by atoms with Crippen LogP contribution in [0, 0.1) is 0 Å². The Bertz CT molecular complexity index is 1170. The Morgan fingerprint density at radius 1 is 1.16 bits per heavy atom. The van der Waals surface area contributed by atoms with E-state index in [0.29, 0.717) is 35.4 Å². The van der Waals surface area contributed by atoms with E-state index >= 15 is 0 Å². The fourth-order valence-corrected chi connectivity index (χ4v) is 4.82. The summed E-state index contributed by atoms with van der Waals surface area (Å²) in [4.78, 5) is 8.44. The molecule has 3 heterocycles. The largest absolute Gasteiger partial charge is 0.491 e. The first-order valence-corrected chi connectivity index (χ1v) is 11.6. The molecule has 4 aromatic rings. The smallest absolute Gasteiger partial charge is 0.215 e. The Labute approximate surface area is 199 Å². The van der Waals surface area contributed by atoms with Crippen molar-refractivity contribution >= 4 is 34.5 Å². The van der Waals surface area contributed by atoms with Gasteiger partial charge in [-0.25, -0.2) is 9.97 Å². The van der Waals surface area contributed by atoms with Gasteiger partial charge in [0.05, 0.1) is 24.5 Å². The Balaban J connectivity index is 1.30. The predicted molar refractivity (Wildman–Crippen MR) is 124 cm³/mol. The summed E-state index contributed by atoms with van der Waals surface area (Å²) in [5, 5.41) is 3.97. The van der Waals surface area contributed by atoms with Crippen molar-refractivity contribution in [1.82, 2.24) is 14.5 Å². The molecule has 32 heavy (non-hydrogen) atoms. The number of nitrogens with zero attached hydrogens (tertiary/aromatic N) is 3. The van der Waals surface area contributed by atoms with Gasteiger partial charge >= 0.3 is 0 Å². The zero-order valence-corrected chi connectivity index (χ0v) is 19.2. The summed E-state index contributed by atoms with van der Waals surface area (Å²) in [5.74, 6) is -0.309. The van der Waals surface area contributed by atoms with Crippen molar-refractivity contribution in [2.75, 3.05) is 13.2 Å². The topological polar surface area (TPSA) is 58.4 Å². The molecule has 164 valence electrons. The van der Waals surface area contributed by atoms with Gasteiger partial charge < -0.3 is 18.8 Å². The maximum absolute atomic E-state index is 6.51. The molecular formula is C23H19Cl2N3O3S. The molecule has 2 aromatic carbocycles. The van der Waals surface area contributed by atoms with Gasteiger partial charge in [0.25, 0.3) is 0 Å². The highest BCUT2D eigenvalue weighted by atomic mass is 35.5. The van der Waals surface area contributed by atoms with Crippen LogP contribution in [0.4, 0.5) is 0 Å². The number of aromatic nitrogens is 3. The maximum atomic E-state index is 6.51. The van der Waals surface area contributed by atoms with E-state index in [-0.39, 0.29) is 6.10 Å². The standard InChI is InChI=1S/C23H19Cl2N3O3S/c24-17-3-6-20(21(25)11-17)23(14-28-9-7-26-15-28)30-13-19(31-23)12-29-18-4-1-16(2-5-18)22-27-8-10-32-22/h1-11,15,19H,12-14H2/t19-,23-/m1/s1. The molecule has 1 aliphatic rings. The molecule has 0 radical (unpaired) electrons. The molecule has 1 aliphatic heterocycles. The van der Waals surface area contributed by atoms with E-state index < -0.39 is 5.79 Å². The van der Waals surface area contributed by atoms with Crippen molar-refractivity contribution in [3.8, 4) is 16.3 Å². The Morgan fingerprint density at radius 2 is 2.03 bits per heavy atom. The number of halogens is 2. The first-order chi connectivity index (χ1) is 15.6. The summed E-state index contributed by atoms with van der Waals surface area (Å²) in [6.45, 7) is 1.10. The first-order valence-electron chi connectivity index (χ1n) is 9.97. The van der Waals surface area contributed by atoms with E-state index in [1.54, 1.807) is 42.2 Å². The molecular weight excluding hydrogens is 469 g/mol. The van der Waals surface area contributed by atoms with Crippen LogP contribution in [0.5, 0.6) is 5.75 Å². The average molecular weight is 488 g/mol. The fourth-order valence-electron chi connectivity index (χ4n) is 3.62. The van der Waals surface area contributed by atoms with Crippen LogP contribution in [0.2, 0.25) is 10.0 Å². The Hall–Kier alpha value is -2.42. The van der Waals surface area contributed by atoms with Crippen LogP contribution in [0.15, 0.2) is 72.8 Å². The van der Waals surface area contributed by atoms with Crippen LogP contribution in [0.25, 0.3) is 10.6 Å². The third-order valence-corrected chi connectivity index (χ3v) is 6.49. The lowest BCUT2D eigenvalue weighted by molar-refractivity contribution is -0.189. The van der Waals surface area contributed by atoms with E-state index in [2.05, 4.69) is 9.97 Å². The molecule has 1 saturated heterocycles. The van der Waals surface area contributed by atoms with Gasteiger partial charge in [-0.1, -0.05) is 29.3 Å². The molecule has 0 aliphatic carbocycles. The third-order valence-electron chi connectivity index (χ3n) is 5.12. The zero-order chi connectivity index (χ0) is 22.0. The van der Waals surface area contributed by atoms with Gasteiger partial charge in [-0.05, 0) is 36.4 Å². The zero-order valence-electron chi connectivity index (χ0n) is 16.9. The van der Waals surface area contributed by atoms with Crippen LogP contribution in [0.3, 0.4) is 0 Å². The van der Waals surface area contributed by atoms with Crippen LogP contribution < -0.4 is 4.74 Å². The monoisotopic (exact) mass is 487 g/mol. The normalized spacial score (nSPS) is 20.5.